The van der Waals surface area contributed by atoms with E-state index in [9.17, 15) is 0 Å². The van der Waals surface area contributed by atoms with Crippen molar-refractivity contribution in [1.82, 2.24) is 4.98 Å². The molecule has 0 spiro atoms. The van der Waals surface area contributed by atoms with Gasteiger partial charge in [-0.05, 0) is 165 Å². The number of rotatable bonds is 9. The molecule has 0 atom stereocenters. The molecule has 4 heteroatoms. The Kier molecular flexibility index (Phi) is 12.3. The summed E-state index contributed by atoms with van der Waals surface area (Å²) in [7, 11) is 0. The number of pyridine rings is 1. The predicted octanol–water partition coefficient (Wildman–Crippen LogP) is 21.4. The standard InChI is InChI=1S/C87H56BN3/c1-7-23-57(24-8-1)65-47-66(58-25-9-2-10-26-58)50-71(49-65)90-83-55-70(69-53-81(63-33-15-5-16-34-63)89-82(54-69)64-35-17-6-18-36-64)56-84-85(83)88(79-45-43-75-73-37-21-19-31-61(73)39-41-77(75)86(79)90)80-46-44-76-74-38-22-20-32-62(74)40-42-78(76)87(80)91(84)72-51-67(59-27-11-3-12-28-59)48-68(52-72)60-29-13-4-14-30-60/h1-56H. The minimum Gasteiger partial charge on any atom is -0.311 e. The highest BCUT2D eigenvalue weighted by Gasteiger charge is 2.45. The molecule has 0 aliphatic carbocycles. The van der Waals surface area contributed by atoms with Crippen molar-refractivity contribution in [2.75, 3.05) is 9.80 Å². The van der Waals surface area contributed by atoms with E-state index < -0.39 is 0 Å². The maximum atomic E-state index is 5.49. The predicted molar refractivity (Wildman–Crippen MR) is 386 cm³/mol. The largest absolute Gasteiger partial charge is 0.311 e. The van der Waals surface area contributed by atoms with E-state index in [1.165, 1.54) is 70.9 Å². The summed E-state index contributed by atoms with van der Waals surface area (Å²) >= 11 is 0. The Morgan fingerprint density at radius 1 is 0.220 bits per heavy atom. The molecule has 18 rings (SSSR count). The number of hydrogen-bond donors (Lipinski definition) is 0. The van der Waals surface area contributed by atoms with Crippen LogP contribution in [0.3, 0.4) is 0 Å². The monoisotopic (exact) mass is 1150 g/mol. The van der Waals surface area contributed by atoms with Gasteiger partial charge in [0.1, 0.15) is 0 Å². The molecule has 0 saturated heterocycles. The second kappa shape index (κ2) is 21.5. The van der Waals surface area contributed by atoms with E-state index >= 15 is 0 Å². The van der Waals surface area contributed by atoms with Crippen LogP contribution in [0.1, 0.15) is 0 Å². The molecule has 0 N–H and O–H groups in total. The van der Waals surface area contributed by atoms with Crippen molar-refractivity contribution < 1.29 is 0 Å². The highest BCUT2D eigenvalue weighted by Crippen LogP contribution is 2.52. The Bertz CT molecular complexity index is 5070. The zero-order valence-corrected chi connectivity index (χ0v) is 49.8. The quantitative estimate of drug-likeness (QED) is 0.106. The Morgan fingerprint density at radius 3 is 0.901 bits per heavy atom. The van der Waals surface area contributed by atoms with Gasteiger partial charge in [0.25, 0.3) is 6.71 Å². The van der Waals surface area contributed by atoms with Crippen molar-refractivity contribution in [1.29, 1.82) is 0 Å². The normalized spacial score (nSPS) is 12.3. The van der Waals surface area contributed by atoms with E-state index in [4.69, 9.17) is 4.98 Å². The molecule has 15 aromatic carbocycles. The van der Waals surface area contributed by atoms with E-state index in [-0.39, 0.29) is 6.71 Å². The third kappa shape index (κ3) is 8.86. The summed E-state index contributed by atoms with van der Waals surface area (Å²) in [6, 6.07) is 126. The summed E-state index contributed by atoms with van der Waals surface area (Å²) in [6.07, 6.45) is 0. The number of anilines is 6. The first-order chi connectivity index (χ1) is 45.1. The van der Waals surface area contributed by atoms with Gasteiger partial charge in [-0.2, -0.15) is 0 Å². The summed E-state index contributed by atoms with van der Waals surface area (Å²) in [4.78, 5) is 10.8. The van der Waals surface area contributed by atoms with Crippen LogP contribution in [0.15, 0.2) is 340 Å². The minimum atomic E-state index is -0.197. The first-order valence-electron chi connectivity index (χ1n) is 31.4. The van der Waals surface area contributed by atoms with Crippen LogP contribution in [-0.4, -0.2) is 11.7 Å². The van der Waals surface area contributed by atoms with Crippen molar-refractivity contribution in [3.63, 3.8) is 0 Å². The minimum absolute atomic E-state index is 0.197. The Morgan fingerprint density at radius 2 is 0.527 bits per heavy atom. The van der Waals surface area contributed by atoms with Crippen molar-refractivity contribution >= 4 is 100 Å². The molecule has 3 heterocycles. The van der Waals surface area contributed by atoms with Gasteiger partial charge in [-0.3, -0.25) is 0 Å². The molecule has 0 bridgehead atoms. The summed E-state index contributed by atoms with van der Waals surface area (Å²) in [6.45, 7) is -0.197. The number of hydrogen-bond acceptors (Lipinski definition) is 3. The second-order valence-electron chi connectivity index (χ2n) is 24.2. The van der Waals surface area contributed by atoms with Crippen LogP contribution in [0, 0.1) is 0 Å². The smallest absolute Gasteiger partial charge is 0.252 e. The lowest BCUT2D eigenvalue weighted by molar-refractivity contribution is 1.26. The molecule has 0 unspecified atom stereocenters. The molecule has 2 aliphatic heterocycles. The molecule has 0 fully saturated rings. The molecule has 0 radical (unpaired) electrons. The van der Waals surface area contributed by atoms with Crippen LogP contribution in [0.2, 0.25) is 0 Å². The summed E-state index contributed by atoms with van der Waals surface area (Å²) in [5, 5.41) is 9.70. The van der Waals surface area contributed by atoms with E-state index in [0.717, 1.165) is 101 Å². The Balaban J connectivity index is 1.03. The third-order valence-corrected chi connectivity index (χ3v) is 18.9. The molecular weight excluding hydrogens is 1100 g/mol. The van der Waals surface area contributed by atoms with Gasteiger partial charge in [0.05, 0.1) is 11.4 Å². The van der Waals surface area contributed by atoms with Gasteiger partial charge in [0, 0.05) is 56.0 Å². The zero-order chi connectivity index (χ0) is 59.9. The molecule has 3 nitrogen and oxygen atoms in total. The molecule has 16 aromatic rings. The topological polar surface area (TPSA) is 19.4 Å². The summed E-state index contributed by atoms with van der Waals surface area (Å²) in [5.41, 5.74) is 25.7. The van der Waals surface area contributed by atoms with Crippen molar-refractivity contribution in [2.24, 2.45) is 0 Å². The lowest BCUT2D eigenvalue weighted by Crippen LogP contribution is -2.61. The lowest BCUT2D eigenvalue weighted by Gasteiger charge is -2.45. The Hall–Kier alpha value is -11.8. The van der Waals surface area contributed by atoms with Gasteiger partial charge in [-0.1, -0.05) is 279 Å². The average Bonchev–Trinajstić information content (AvgIpc) is 0.692. The summed E-state index contributed by atoms with van der Waals surface area (Å²) < 4.78 is 0. The fourth-order valence-corrected chi connectivity index (χ4v) is 14.7. The van der Waals surface area contributed by atoms with Gasteiger partial charge >= 0.3 is 0 Å². The molecule has 422 valence electrons. The molecule has 2 aliphatic rings. The van der Waals surface area contributed by atoms with Crippen LogP contribution in [-0.2, 0) is 0 Å². The van der Waals surface area contributed by atoms with Gasteiger partial charge in [0.15, 0.2) is 0 Å². The van der Waals surface area contributed by atoms with Gasteiger partial charge in [-0.15, -0.1) is 0 Å². The first-order valence-corrected chi connectivity index (χ1v) is 31.4. The number of nitrogens with zero attached hydrogens (tertiary/aromatic N) is 3. The number of benzene rings is 15. The maximum Gasteiger partial charge on any atom is 0.252 e. The van der Waals surface area contributed by atoms with Gasteiger partial charge < -0.3 is 9.80 Å². The maximum absolute atomic E-state index is 5.49. The third-order valence-electron chi connectivity index (χ3n) is 18.9. The molecule has 0 amide bonds. The average molecular weight is 1150 g/mol. The summed E-state index contributed by atoms with van der Waals surface area (Å²) in [5.74, 6) is 0. The molecular formula is C87H56BN3. The van der Waals surface area contributed by atoms with Crippen molar-refractivity contribution in [3.8, 4) is 78.1 Å². The van der Waals surface area contributed by atoms with E-state index in [0.29, 0.717) is 0 Å². The fraction of sp³-hybridized carbons (Fsp3) is 0. The number of aromatic nitrogens is 1. The highest BCUT2D eigenvalue weighted by atomic mass is 15.2. The van der Waals surface area contributed by atoms with E-state index in [1.54, 1.807) is 0 Å². The highest BCUT2D eigenvalue weighted by molar-refractivity contribution is 7.01. The lowest BCUT2D eigenvalue weighted by atomic mass is 9.33. The van der Waals surface area contributed by atoms with Crippen LogP contribution in [0.4, 0.5) is 34.1 Å². The van der Waals surface area contributed by atoms with Gasteiger partial charge in [-0.25, -0.2) is 4.98 Å². The zero-order valence-electron chi connectivity index (χ0n) is 49.8. The van der Waals surface area contributed by atoms with E-state index in [1.807, 2.05) is 0 Å². The van der Waals surface area contributed by atoms with Crippen molar-refractivity contribution in [2.45, 2.75) is 0 Å². The van der Waals surface area contributed by atoms with Crippen LogP contribution >= 0.6 is 0 Å². The molecule has 0 saturated carbocycles. The Labute approximate surface area is 529 Å². The van der Waals surface area contributed by atoms with Crippen LogP contribution < -0.4 is 26.2 Å². The fourth-order valence-electron chi connectivity index (χ4n) is 14.7. The second-order valence-corrected chi connectivity index (χ2v) is 24.2. The van der Waals surface area contributed by atoms with Crippen LogP contribution in [0.5, 0.6) is 0 Å². The van der Waals surface area contributed by atoms with E-state index in [2.05, 4.69) is 350 Å². The SMILES string of the molecule is c1ccc(-c2cc(-c3ccccc3)cc(N3c4cc(-c5cc(-c6ccccc6)nc(-c6ccccc6)c5)cc5c4B(c4ccc6c(ccc7ccccc76)c43)c3ccc4c(ccc6ccccc64)c3N5c3cc(-c4ccccc4)cc(-c4ccccc4)c3)c2)cc1. The van der Waals surface area contributed by atoms with Crippen LogP contribution in [0.25, 0.3) is 121 Å². The number of fused-ring (bicyclic) bond motifs is 12. The van der Waals surface area contributed by atoms with Gasteiger partial charge in [0.2, 0.25) is 0 Å². The van der Waals surface area contributed by atoms with Crippen molar-refractivity contribution in [3.05, 3.63) is 340 Å². The molecule has 91 heavy (non-hydrogen) atoms. The first kappa shape index (κ1) is 52.3. The molecule has 1 aromatic heterocycles.